The van der Waals surface area contributed by atoms with E-state index >= 15 is 0 Å². The SMILES string of the molecule is Cc1ccc(NC(=S)NNC(=O)c2csc(N3CCOCC3)n2)cc1. The summed E-state index contributed by atoms with van der Waals surface area (Å²) in [7, 11) is 0. The zero-order valence-electron chi connectivity index (χ0n) is 13.7. The predicted octanol–water partition coefficient (Wildman–Crippen LogP) is 1.92. The Bertz CT molecular complexity index is 741. The van der Waals surface area contributed by atoms with Gasteiger partial charge in [-0.15, -0.1) is 11.3 Å². The number of nitrogens with zero attached hydrogens (tertiary/aromatic N) is 2. The third kappa shape index (κ3) is 4.88. The van der Waals surface area contributed by atoms with Crippen molar-refractivity contribution < 1.29 is 9.53 Å². The Morgan fingerprint density at radius 2 is 1.96 bits per heavy atom. The molecular formula is C16H19N5O2S2. The first kappa shape index (κ1) is 17.6. The third-order valence-corrected chi connectivity index (χ3v) is 4.71. The van der Waals surface area contributed by atoms with Crippen molar-refractivity contribution in [3.8, 4) is 0 Å². The number of aromatic nitrogens is 1. The lowest BCUT2D eigenvalue weighted by Crippen LogP contribution is -2.44. The summed E-state index contributed by atoms with van der Waals surface area (Å²) in [5, 5.41) is 5.87. The standard InChI is InChI=1S/C16H19N5O2S2/c1-11-2-4-12(5-3-11)17-15(24)20-19-14(22)13-10-25-16(18-13)21-6-8-23-9-7-21/h2-5,10H,6-9H2,1H3,(H,19,22)(H2,17,20,24). The lowest BCUT2D eigenvalue weighted by Gasteiger charge is -2.25. The number of hydrogen-bond donors (Lipinski definition) is 3. The van der Waals surface area contributed by atoms with E-state index in [-0.39, 0.29) is 5.91 Å². The van der Waals surface area contributed by atoms with Crippen molar-refractivity contribution >= 4 is 45.4 Å². The van der Waals surface area contributed by atoms with E-state index in [9.17, 15) is 4.79 Å². The van der Waals surface area contributed by atoms with Crippen LogP contribution < -0.4 is 21.1 Å². The molecule has 132 valence electrons. The summed E-state index contributed by atoms with van der Waals surface area (Å²) in [6, 6.07) is 7.79. The van der Waals surface area contributed by atoms with Gasteiger partial charge in [-0.2, -0.15) is 0 Å². The van der Waals surface area contributed by atoms with E-state index in [0.29, 0.717) is 24.0 Å². The number of morpholine rings is 1. The minimum atomic E-state index is -0.330. The summed E-state index contributed by atoms with van der Waals surface area (Å²) < 4.78 is 5.32. The molecule has 0 bridgehead atoms. The fourth-order valence-corrected chi connectivity index (χ4v) is 3.27. The Morgan fingerprint density at radius 3 is 2.68 bits per heavy atom. The van der Waals surface area contributed by atoms with Gasteiger partial charge >= 0.3 is 0 Å². The number of nitrogens with one attached hydrogen (secondary N) is 3. The number of anilines is 2. The minimum absolute atomic E-state index is 0.306. The molecule has 0 aliphatic carbocycles. The Hall–Kier alpha value is -2.23. The number of carbonyl (C=O) groups excluding carboxylic acids is 1. The average Bonchev–Trinajstić information content (AvgIpc) is 3.13. The fourth-order valence-electron chi connectivity index (χ4n) is 2.25. The summed E-state index contributed by atoms with van der Waals surface area (Å²) in [5.41, 5.74) is 7.61. The molecule has 1 saturated heterocycles. The molecule has 3 N–H and O–H groups in total. The van der Waals surface area contributed by atoms with Gasteiger partial charge < -0.3 is 15.0 Å². The van der Waals surface area contributed by atoms with E-state index in [4.69, 9.17) is 17.0 Å². The number of benzene rings is 1. The van der Waals surface area contributed by atoms with Crippen LogP contribution in [0.2, 0.25) is 0 Å². The van der Waals surface area contributed by atoms with Gasteiger partial charge in [0, 0.05) is 24.2 Å². The Labute approximate surface area is 155 Å². The van der Waals surface area contributed by atoms with E-state index in [1.54, 1.807) is 5.38 Å². The maximum atomic E-state index is 12.2. The van der Waals surface area contributed by atoms with Gasteiger partial charge in [0.05, 0.1) is 13.2 Å². The second kappa shape index (κ2) is 8.24. The van der Waals surface area contributed by atoms with Gasteiger partial charge in [-0.1, -0.05) is 17.7 Å². The number of rotatable bonds is 3. The quantitative estimate of drug-likeness (QED) is 0.557. The van der Waals surface area contributed by atoms with Crippen LogP contribution in [0.5, 0.6) is 0 Å². The number of amides is 1. The van der Waals surface area contributed by atoms with Crippen LogP contribution in [0.1, 0.15) is 16.1 Å². The first-order valence-corrected chi connectivity index (χ1v) is 9.13. The summed E-state index contributed by atoms with van der Waals surface area (Å²) in [6.45, 7) is 4.96. The minimum Gasteiger partial charge on any atom is -0.378 e. The summed E-state index contributed by atoms with van der Waals surface area (Å²) in [4.78, 5) is 18.7. The molecule has 3 rings (SSSR count). The smallest absolute Gasteiger partial charge is 0.289 e. The molecule has 1 aromatic carbocycles. The van der Waals surface area contributed by atoms with Gasteiger partial charge in [-0.05, 0) is 31.3 Å². The van der Waals surface area contributed by atoms with Crippen molar-refractivity contribution in [2.24, 2.45) is 0 Å². The van der Waals surface area contributed by atoms with Crippen LogP contribution in [0.15, 0.2) is 29.6 Å². The first-order chi connectivity index (χ1) is 12.1. The van der Waals surface area contributed by atoms with E-state index in [1.807, 2.05) is 31.2 Å². The largest absolute Gasteiger partial charge is 0.378 e. The highest BCUT2D eigenvalue weighted by atomic mass is 32.1. The first-order valence-electron chi connectivity index (χ1n) is 7.84. The molecule has 0 radical (unpaired) electrons. The molecule has 0 unspecified atom stereocenters. The van der Waals surface area contributed by atoms with Crippen LogP contribution in [0.25, 0.3) is 0 Å². The number of thiazole rings is 1. The van der Waals surface area contributed by atoms with Crippen LogP contribution in [0.3, 0.4) is 0 Å². The molecule has 1 fully saturated rings. The fraction of sp³-hybridized carbons (Fsp3) is 0.312. The second-order valence-corrected chi connectivity index (χ2v) is 6.76. The number of ether oxygens (including phenoxy) is 1. The van der Waals surface area contributed by atoms with Gasteiger partial charge in [-0.25, -0.2) is 4.98 Å². The van der Waals surface area contributed by atoms with Crippen molar-refractivity contribution in [2.45, 2.75) is 6.92 Å². The van der Waals surface area contributed by atoms with Gasteiger partial charge in [0.1, 0.15) is 5.69 Å². The van der Waals surface area contributed by atoms with Crippen molar-refractivity contribution in [3.63, 3.8) is 0 Å². The average molecular weight is 377 g/mol. The van der Waals surface area contributed by atoms with Crippen LogP contribution in [-0.4, -0.2) is 42.3 Å². The van der Waals surface area contributed by atoms with Gasteiger partial charge in [0.15, 0.2) is 10.2 Å². The van der Waals surface area contributed by atoms with E-state index in [1.165, 1.54) is 11.3 Å². The summed E-state index contributed by atoms with van der Waals surface area (Å²) in [6.07, 6.45) is 0. The molecule has 1 amide bonds. The van der Waals surface area contributed by atoms with Crippen molar-refractivity contribution in [3.05, 3.63) is 40.9 Å². The van der Waals surface area contributed by atoms with Crippen molar-refractivity contribution in [1.82, 2.24) is 15.8 Å². The highest BCUT2D eigenvalue weighted by Crippen LogP contribution is 2.21. The van der Waals surface area contributed by atoms with Crippen LogP contribution >= 0.6 is 23.6 Å². The van der Waals surface area contributed by atoms with Crippen molar-refractivity contribution in [2.75, 3.05) is 36.5 Å². The van der Waals surface area contributed by atoms with E-state index in [0.717, 1.165) is 29.5 Å². The number of hydrogen-bond acceptors (Lipinski definition) is 6. The van der Waals surface area contributed by atoms with Crippen LogP contribution in [0.4, 0.5) is 10.8 Å². The molecule has 9 heteroatoms. The maximum Gasteiger partial charge on any atom is 0.289 e. The Morgan fingerprint density at radius 1 is 1.24 bits per heavy atom. The molecule has 1 aliphatic heterocycles. The molecule has 1 aromatic heterocycles. The summed E-state index contributed by atoms with van der Waals surface area (Å²) >= 11 is 6.61. The van der Waals surface area contributed by atoms with Crippen LogP contribution in [0, 0.1) is 6.92 Å². The van der Waals surface area contributed by atoms with Gasteiger partial charge in [0.2, 0.25) is 0 Å². The predicted molar refractivity (Wildman–Crippen MR) is 103 cm³/mol. The second-order valence-electron chi connectivity index (χ2n) is 5.51. The Kier molecular flexibility index (Phi) is 5.79. The zero-order valence-corrected chi connectivity index (χ0v) is 15.4. The lowest BCUT2D eigenvalue weighted by atomic mass is 10.2. The number of aryl methyl sites for hydroxylation is 1. The monoisotopic (exact) mass is 377 g/mol. The van der Waals surface area contributed by atoms with Gasteiger partial charge in [0.25, 0.3) is 5.91 Å². The molecule has 2 aromatic rings. The number of thiocarbonyl (C=S) groups is 1. The van der Waals surface area contributed by atoms with Crippen LogP contribution in [-0.2, 0) is 4.74 Å². The van der Waals surface area contributed by atoms with E-state index < -0.39 is 0 Å². The topological polar surface area (TPSA) is 78.5 Å². The highest BCUT2D eigenvalue weighted by Gasteiger charge is 2.17. The maximum absolute atomic E-state index is 12.2. The number of carbonyl (C=O) groups is 1. The Balaban J connectivity index is 1.49. The molecule has 2 heterocycles. The molecule has 7 nitrogen and oxygen atoms in total. The molecule has 0 spiro atoms. The van der Waals surface area contributed by atoms with E-state index in [2.05, 4.69) is 26.1 Å². The molecule has 0 atom stereocenters. The third-order valence-electron chi connectivity index (χ3n) is 3.61. The van der Waals surface area contributed by atoms with Crippen molar-refractivity contribution in [1.29, 1.82) is 0 Å². The lowest BCUT2D eigenvalue weighted by molar-refractivity contribution is 0.0940. The molecule has 0 saturated carbocycles. The zero-order chi connectivity index (χ0) is 17.6. The molecule has 25 heavy (non-hydrogen) atoms. The number of hydrazine groups is 1. The van der Waals surface area contributed by atoms with Gasteiger partial charge in [-0.3, -0.25) is 15.6 Å². The highest BCUT2D eigenvalue weighted by molar-refractivity contribution is 7.80. The molecule has 1 aliphatic rings. The summed E-state index contributed by atoms with van der Waals surface area (Å²) in [5.74, 6) is -0.330. The normalized spacial score (nSPS) is 14.0. The molecular weight excluding hydrogens is 358 g/mol.